The first kappa shape index (κ1) is 13.3. The Hall–Kier alpha value is -2.64. The molecular weight excluding hydrogens is 289 g/mol. The maximum atomic E-state index is 12.2. The van der Waals surface area contributed by atoms with Gasteiger partial charge in [0.15, 0.2) is 0 Å². The highest BCUT2D eigenvalue weighted by Crippen LogP contribution is 2.28. The number of carbonyl (C=O) groups is 1. The first-order valence-corrected chi connectivity index (χ1v) is 5.84. The molecule has 0 saturated carbocycles. The lowest BCUT2D eigenvalue weighted by atomic mass is 10.2. The summed E-state index contributed by atoms with van der Waals surface area (Å²) in [6, 6.07) is 7.03. The average molecular weight is 296 g/mol. The normalized spacial score (nSPS) is 12.0. The van der Waals surface area contributed by atoms with Crippen LogP contribution in [0.2, 0.25) is 0 Å². The van der Waals surface area contributed by atoms with Gasteiger partial charge in [-0.05, 0) is 6.07 Å². The maximum Gasteiger partial charge on any atom is 0.450 e. The second-order valence-electron chi connectivity index (χ2n) is 4.25. The van der Waals surface area contributed by atoms with Crippen LogP contribution in [0.4, 0.5) is 13.2 Å². The van der Waals surface area contributed by atoms with Crippen LogP contribution < -0.4 is 0 Å². The predicted octanol–water partition coefficient (Wildman–Crippen LogP) is 3.16. The van der Waals surface area contributed by atoms with E-state index in [9.17, 15) is 18.0 Å². The van der Waals surface area contributed by atoms with E-state index in [0.717, 1.165) is 0 Å². The summed E-state index contributed by atoms with van der Waals surface area (Å²) in [7, 11) is 0. The van der Waals surface area contributed by atoms with Gasteiger partial charge in [0.1, 0.15) is 11.8 Å². The fraction of sp³-hybridized carbons (Fsp3) is 0.154. The molecule has 0 bridgehead atoms. The Bertz CT molecular complexity index is 804. The minimum Gasteiger partial charge on any atom is -0.464 e. The van der Waals surface area contributed by atoms with E-state index in [1.54, 1.807) is 24.3 Å². The van der Waals surface area contributed by atoms with E-state index < -0.39 is 24.3 Å². The van der Waals surface area contributed by atoms with Crippen molar-refractivity contribution in [2.24, 2.45) is 0 Å². The first-order chi connectivity index (χ1) is 9.95. The van der Waals surface area contributed by atoms with Crippen molar-refractivity contribution >= 4 is 16.8 Å². The zero-order valence-electron chi connectivity index (χ0n) is 10.3. The number of nitrogens with zero attached hydrogens (tertiary/aromatic N) is 2. The third-order valence-electron chi connectivity index (χ3n) is 2.82. The molecule has 0 fully saturated rings. The number of rotatable bonds is 3. The zero-order chi connectivity index (χ0) is 15.0. The van der Waals surface area contributed by atoms with Crippen molar-refractivity contribution in [2.45, 2.75) is 12.6 Å². The van der Waals surface area contributed by atoms with E-state index in [0.29, 0.717) is 16.5 Å². The lowest BCUT2D eigenvalue weighted by molar-refractivity contribution is -0.170. The van der Waals surface area contributed by atoms with Crippen LogP contribution >= 0.6 is 0 Å². The molecule has 0 unspecified atom stereocenters. The molecule has 2 aromatic heterocycles. The lowest BCUT2D eigenvalue weighted by Gasteiger charge is -2.00. The van der Waals surface area contributed by atoms with Crippen LogP contribution in [0.3, 0.4) is 0 Å². The fourth-order valence-corrected chi connectivity index (χ4v) is 1.82. The first-order valence-electron chi connectivity index (χ1n) is 5.84. The van der Waals surface area contributed by atoms with Gasteiger partial charge < -0.3 is 8.94 Å². The van der Waals surface area contributed by atoms with Crippen molar-refractivity contribution in [3.8, 4) is 11.4 Å². The van der Waals surface area contributed by atoms with E-state index >= 15 is 0 Å². The number of benzene rings is 1. The molecule has 0 aliphatic rings. The van der Waals surface area contributed by atoms with Gasteiger partial charge in [-0.1, -0.05) is 23.4 Å². The van der Waals surface area contributed by atoms with Gasteiger partial charge in [0.25, 0.3) is 0 Å². The molecule has 0 spiro atoms. The van der Waals surface area contributed by atoms with Gasteiger partial charge >= 0.3 is 6.18 Å². The van der Waals surface area contributed by atoms with Crippen molar-refractivity contribution in [3.63, 3.8) is 0 Å². The van der Waals surface area contributed by atoms with Gasteiger partial charge in [-0.15, -0.1) is 0 Å². The molecule has 0 amide bonds. The monoisotopic (exact) mass is 296 g/mol. The third kappa shape index (κ3) is 2.51. The molecule has 0 N–H and O–H groups in total. The van der Waals surface area contributed by atoms with E-state index in [-0.39, 0.29) is 5.82 Å². The highest BCUT2D eigenvalue weighted by atomic mass is 19.4. The smallest absolute Gasteiger partial charge is 0.450 e. The second kappa shape index (κ2) is 4.72. The van der Waals surface area contributed by atoms with Gasteiger partial charge in [0, 0.05) is 5.39 Å². The molecule has 2 heterocycles. The van der Waals surface area contributed by atoms with Crippen LogP contribution in [-0.4, -0.2) is 22.1 Å². The molecule has 1 aromatic carbocycles. The Balaban J connectivity index is 1.90. The molecule has 5 nitrogen and oxygen atoms in total. The van der Waals surface area contributed by atoms with E-state index in [1.165, 1.54) is 6.26 Å². The topological polar surface area (TPSA) is 69.1 Å². The summed E-state index contributed by atoms with van der Waals surface area (Å²) < 4.78 is 46.5. The van der Waals surface area contributed by atoms with Gasteiger partial charge in [-0.3, -0.25) is 4.79 Å². The van der Waals surface area contributed by atoms with Gasteiger partial charge in [-0.25, -0.2) is 0 Å². The fourth-order valence-electron chi connectivity index (χ4n) is 1.82. The Labute approximate surface area is 115 Å². The van der Waals surface area contributed by atoms with Crippen LogP contribution in [0.5, 0.6) is 0 Å². The molecule has 3 rings (SSSR count). The summed E-state index contributed by atoms with van der Waals surface area (Å²) in [5.41, 5.74) is 1.07. The van der Waals surface area contributed by atoms with Gasteiger partial charge in [0.05, 0.1) is 12.0 Å². The van der Waals surface area contributed by atoms with E-state index in [1.807, 2.05) is 0 Å². The zero-order valence-corrected chi connectivity index (χ0v) is 10.3. The number of fused-ring (bicyclic) bond motifs is 1. The summed E-state index contributed by atoms with van der Waals surface area (Å²) >= 11 is 0. The third-order valence-corrected chi connectivity index (χ3v) is 2.82. The van der Waals surface area contributed by atoms with Crippen molar-refractivity contribution < 1.29 is 26.9 Å². The summed E-state index contributed by atoms with van der Waals surface area (Å²) in [5.74, 6) is -2.25. The molecule has 0 aliphatic carbocycles. The molecule has 8 heteroatoms. The number of carbonyl (C=O) groups excluding carboxylic acids is 1. The van der Waals surface area contributed by atoms with Crippen molar-refractivity contribution in [3.05, 3.63) is 36.4 Å². The Morgan fingerprint density at radius 1 is 1.24 bits per heavy atom. The van der Waals surface area contributed by atoms with Crippen LogP contribution in [0, 0.1) is 0 Å². The number of alkyl halides is 3. The summed E-state index contributed by atoms with van der Waals surface area (Å²) in [6.45, 7) is 0. The molecule has 0 radical (unpaired) electrons. The number of aromatic nitrogens is 2. The number of ketones is 1. The molecule has 21 heavy (non-hydrogen) atoms. The van der Waals surface area contributed by atoms with Crippen LogP contribution in [0.1, 0.15) is 5.89 Å². The lowest BCUT2D eigenvalue weighted by Crippen LogP contribution is -2.24. The Morgan fingerprint density at radius 3 is 2.76 bits per heavy atom. The maximum absolute atomic E-state index is 12.2. The number of para-hydroxylation sites is 1. The second-order valence-corrected chi connectivity index (χ2v) is 4.25. The van der Waals surface area contributed by atoms with Gasteiger partial charge in [-0.2, -0.15) is 18.2 Å². The molecule has 0 aliphatic heterocycles. The molecule has 3 aromatic rings. The Kier molecular flexibility index (Phi) is 3.00. The van der Waals surface area contributed by atoms with Crippen molar-refractivity contribution in [2.75, 3.05) is 0 Å². The quantitative estimate of drug-likeness (QED) is 0.742. The summed E-state index contributed by atoms with van der Waals surface area (Å²) in [6.07, 6.45) is -4.52. The standard InChI is InChI=1S/C13H7F3N2O3/c14-13(15,16)10(19)5-11-17-12(18-21-11)8-6-20-9-4-2-1-3-7(8)9/h1-4,6H,5H2. The molecule has 108 valence electrons. The number of Topliss-reactive ketones (excluding diaryl/α,β-unsaturated/α-hetero) is 1. The molecule has 0 atom stereocenters. The number of hydrogen-bond acceptors (Lipinski definition) is 5. The van der Waals surface area contributed by atoms with Crippen LogP contribution in [0.25, 0.3) is 22.4 Å². The summed E-state index contributed by atoms with van der Waals surface area (Å²) in [4.78, 5) is 14.7. The number of hydrogen-bond donors (Lipinski definition) is 0. The minimum atomic E-state index is -4.92. The highest BCUT2D eigenvalue weighted by Gasteiger charge is 2.39. The molecular formula is C13H7F3N2O3. The summed E-state index contributed by atoms with van der Waals surface area (Å²) in [5, 5.41) is 4.28. The largest absolute Gasteiger partial charge is 0.464 e. The van der Waals surface area contributed by atoms with Crippen LogP contribution in [0.15, 0.2) is 39.5 Å². The SMILES string of the molecule is O=C(Cc1nc(-c2coc3ccccc23)no1)C(F)(F)F. The van der Waals surface area contributed by atoms with E-state index in [2.05, 4.69) is 14.7 Å². The van der Waals surface area contributed by atoms with Gasteiger partial charge in [0.2, 0.25) is 17.5 Å². The van der Waals surface area contributed by atoms with Crippen molar-refractivity contribution in [1.82, 2.24) is 10.1 Å². The number of halogens is 3. The number of furan rings is 1. The van der Waals surface area contributed by atoms with Crippen LogP contribution in [-0.2, 0) is 11.2 Å². The Morgan fingerprint density at radius 2 is 2.00 bits per heavy atom. The predicted molar refractivity (Wildman–Crippen MR) is 64.3 cm³/mol. The van der Waals surface area contributed by atoms with E-state index in [4.69, 9.17) is 4.42 Å². The highest BCUT2D eigenvalue weighted by molar-refractivity contribution is 5.92. The minimum absolute atomic E-state index is 0.0740. The van der Waals surface area contributed by atoms with Crippen molar-refractivity contribution in [1.29, 1.82) is 0 Å². The average Bonchev–Trinajstić information content (AvgIpc) is 3.03. The molecule has 0 saturated heterocycles.